The molecule has 0 N–H and O–H groups in total. The van der Waals surface area contributed by atoms with Gasteiger partial charge in [0, 0.05) is 5.56 Å². The second kappa shape index (κ2) is 3.76. The molecular weight excluding hydrogens is 168 g/mol. The summed E-state index contributed by atoms with van der Waals surface area (Å²) in [5.74, 6) is 0.0852. The summed E-state index contributed by atoms with van der Waals surface area (Å²) < 4.78 is 0. The molecule has 1 aromatic carbocycles. The van der Waals surface area contributed by atoms with E-state index >= 15 is 0 Å². The van der Waals surface area contributed by atoms with E-state index in [0.717, 1.165) is 11.1 Å². The lowest BCUT2D eigenvalue weighted by atomic mass is 10.1. The Morgan fingerprint density at radius 2 is 2.17 bits per heavy atom. The Morgan fingerprint density at radius 1 is 1.50 bits per heavy atom. The average Bonchev–Trinajstić information content (AvgIpc) is 2.03. The average molecular weight is 180 g/mol. The van der Waals surface area contributed by atoms with Crippen LogP contribution in [0.15, 0.2) is 24.3 Å². The first kappa shape index (κ1) is 9.33. The molecule has 1 unspecified atom stereocenters. The van der Waals surface area contributed by atoms with E-state index in [1.807, 2.05) is 31.2 Å². The van der Waals surface area contributed by atoms with Crippen LogP contribution in [0.4, 0.5) is 0 Å². The summed E-state index contributed by atoms with van der Waals surface area (Å²) in [5.41, 5.74) is 1.85. The van der Waals surface area contributed by atoms with Gasteiger partial charge < -0.3 is 0 Å². The standard InChI is InChI=1S/C10H12OS/c1-7-4-3-5-9(6-7)10(11)8(2)12/h3-6,8,12H,1-2H3. The van der Waals surface area contributed by atoms with Crippen molar-refractivity contribution in [1.29, 1.82) is 0 Å². The van der Waals surface area contributed by atoms with Gasteiger partial charge in [0.1, 0.15) is 0 Å². The number of hydrogen-bond acceptors (Lipinski definition) is 2. The van der Waals surface area contributed by atoms with Gasteiger partial charge in [0.2, 0.25) is 0 Å². The van der Waals surface area contributed by atoms with Crippen LogP contribution in [-0.4, -0.2) is 11.0 Å². The summed E-state index contributed by atoms with van der Waals surface area (Å²) in [5, 5.41) is -0.216. The Morgan fingerprint density at radius 3 is 2.67 bits per heavy atom. The number of rotatable bonds is 2. The number of benzene rings is 1. The molecular formula is C10H12OS. The van der Waals surface area contributed by atoms with Crippen molar-refractivity contribution in [1.82, 2.24) is 0 Å². The zero-order valence-electron chi connectivity index (χ0n) is 7.24. The molecule has 0 radical (unpaired) electrons. The van der Waals surface area contributed by atoms with Crippen LogP contribution in [0.5, 0.6) is 0 Å². The molecule has 0 amide bonds. The van der Waals surface area contributed by atoms with Crippen LogP contribution in [0.2, 0.25) is 0 Å². The molecule has 2 heteroatoms. The maximum atomic E-state index is 11.4. The molecule has 0 fully saturated rings. The van der Waals surface area contributed by atoms with Gasteiger partial charge in [-0.3, -0.25) is 4.79 Å². The predicted molar refractivity (Wildman–Crippen MR) is 54.0 cm³/mol. The molecule has 0 bridgehead atoms. The van der Waals surface area contributed by atoms with Gasteiger partial charge >= 0.3 is 0 Å². The second-order valence-electron chi connectivity index (χ2n) is 2.91. The van der Waals surface area contributed by atoms with Gasteiger partial charge in [0.15, 0.2) is 5.78 Å². The highest BCUT2D eigenvalue weighted by Gasteiger charge is 2.09. The molecule has 1 rings (SSSR count). The third-order valence-electron chi connectivity index (χ3n) is 1.68. The minimum absolute atomic E-state index is 0.0852. The molecule has 0 heterocycles. The lowest BCUT2D eigenvalue weighted by molar-refractivity contribution is 0.0994. The molecule has 12 heavy (non-hydrogen) atoms. The van der Waals surface area contributed by atoms with Crippen LogP contribution in [-0.2, 0) is 0 Å². The van der Waals surface area contributed by atoms with Gasteiger partial charge in [-0.05, 0) is 19.9 Å². The number of carbonyl (C=O) groups excluding carboxylic acids is 1. The Bertz CT molecular complexity index is 292. The fourth-order valence-electron chi connectivity index (χ4n) is 1.04. The first-order valence-electron chi connectivity index (χ1n) is 3.90. The number of aryl methyl sites for hydroxylation is 1. The van der Waals surface area contributed by atoms with Crippen LogP contribution in [0, 0.1) is 6.92 Å². The molecule has 0 saturated carbocycles. The third kappa shape index (κ3) is 2.11. The number of carbonyl (C=O) groups is 1. The van der Waals surface area contributed by atoms with Crippen molar-refractivity contribution < 1.29 is 4.79 Å². The number of Topliss-reactive ketones (excluding diaryl/α,β-unsaturated/α-hetero) is 1. The molecule has 0 aliphatic heterocycles. The van der Waals surface area contributed by atoms with Gasteiger partial charge in [-0.15, -0.1) is 0 Å². The molecule has 1 aromatic rings. The Balaban J connectivity index is 2.96. The smallest absolute Gasteiger partial charge is 0.175 e. The van der Waals surface area contributed by atoms with E-state index < -0.39 is 0 Å². The lowest BCUT2D eigenvalue weighted by Crippen LogP contribution is -2.10. The van der Waals surface area contributed by atoms with E-state index in [-0.39, 0.29) is 11.0 Å². The monoisotopic (exact) mass is 180 g/mol. The molecule has 0 aliphatic carbocycles. The van der Waals surface area contributed by atoms with Gasteiger partial charge in [-0.25, -0.2) is 0 Å². The van der Waals surface area contributed by atoms with Crippen molar-refractivity contribution in [3.8, 4) is 0 Å². The van der Waals surface area contributed by atoms with E-state index in [1.165, 1.54) is 0 Å². The van der Waals surface area contributed by atoms with Crippen LogP contribution in [0.1, 0.15) is 22.8 Å². The van der Waals surface area contributed by atoms with Crippen LogP contribution >= 0.6 is 12.6 Å². The SMILES string of the molecule is Cc1cccc(C(=O)C(C)S)c1. The minimum atomic E-state index is -0.216. The fraction of sp³-hybridized carbons (Fsp3) is 0.300. The van der Waals surface area contributed by atoms with E-state index in [0.29, 0.717) is 0 Å². The van der Waals surface area contributed by atoms with Crippen molar-refractivity contribution in [2.45, 2.75) is 19.1 Å². The normalized spacial score (nSPS) is 12.6. The molecule has 64 valence electrons. The zero-order chi connectivity index (χ0) is 9.14. The molecule has 0 saturated heterocycles. The molecule has 1 atom stereocenters. The van der Waals surface area contributed by atoms with E-state index in [9.17, 15) is 4.79 Å². The summed E-state index contributed by atoms with van der Waals surface area (Å²) in [6.07, 6.45) is 0. The summed E-state index contributed by atoms with van der Waals surface area (Å²) >= 11 is 4.09. The predicted octanol–water partition coefficient (Wildman–Crippen LogP) is 2.50. The minimum Gasteiger partial charge on any atom is -0.293 e. The topological polar surface area (TPSA) is 17.1 Å². The quantitative estimate of drug-likeness (QED) is 0.546. The van der Waals surface area contributed by atoms with Crippen molar-refractivity contribution in [3.63, 3.8) is 0 Å². The third-order valence-corrected chi connectivity index (χ3v) is 1.92. The number of ketones is 1. The number of hydrogen-bond donors (Lipinski definition) is 1. The first-order valence-corrected chi connectivity index (χ1v) is 4.42. The van der Waals surface area contributed by atoms with Crippen molar-refractivity contribution in [3.05, 3.63) is 35.4 Å². The van der Waals surface area contributed by atoms with E-state index in [4.69, 9.17) is 0 Å². The molecule has 0 spiro atoms. The second-order valence-corrected chi connectivity index (χ2v) is 3.68. The summed E-state index contributed by atoms with van der Waals surface area (Å²) in [6.45, 7) is 3.76. The van der Waals surface area contributed by atoms with Crippen LogP contribution in [0.25, 0.3) is 0 Å². The van der Waals surface area contributed by atoms with E-state index in [2.05, 4.69) is 12.6 Å². The van der Waals surface area contributed by atoms with Gasteiger partial charge in [-0.2, -0.15) is 12.6 Å². The fourth-order valence-corrected chi connectivity index (χ4v) is 1.19. The number of thiol groups is 1. The van der Waals surface area contributed by atoms with Crippen LogP contribution in [0.3, 0.4) is 0 Å². The van der Waals surface area contributed by atoms with Crippen molar-refractivity contribution >= 4 is 18.4 Å². The maximum absolute atomic E-state index is 11.4. The highest BCUT2D eigenvalue weighted by Crippen LogP contribution is 2.09. The van der Waals surface area contributed by atoms with Gasteiger partial charge in [-0.1, -0.05) is 23.8 Å². The zero-order valence-corrected chi connectivity index (χ0v) is 8.14. The van der Waals surface area contributed by atoms with Gasteiger partial charge in [0.05, 0.1) is 5.25 Å². The first-order chi connectivity index (χ1) is 5.61. The van der Waals surface area contributed by atoms with Gasteiger partial charge in [0.25, 0.3) is 0 Å². The maximum Gasteiger partial charge on any atom is 0.175 e. The highest BCUT2D eigenvalue weighted by molar-refractivity contribution is 7.81. The molecule has 1 nitrogen and oxygen atoms in total. The van der Waals surface area contributed by atoms with E-state index in [1.54, 1.807) is 6.92 Å². The largest absolute Gasteiger partial charge is 0.293 e. The van der Waals surface area contributed by atoms with Crippen molar-refractivity contribution in [2.24, 2.45) is 0 Å². The molecule has 0 aliphatic rings. The van der Waals surface area contributed by atoms with Crippen LogP contribution < -0.4 is 0 Å². The lowest BCUT2D eigenvalue weighted by Gasteiger charge is -2.03. The van der Waals surface area contributed by atoms with Crippen molar-refractivity contribution in [2.75, 3.05) is 0 Å². The highest BCUT2D eigenvalue weighted by atomic mass is 32.1. The Hall–Kier alpha value is -0.760. The summed E-state index contributed by atoms with van der Waals surface area (Å²) in [7, 11) is 0. The molecule has 0 aromatic heterocycles. The Labute approximate surface area is 78.2 Å². The summed E-state index contributed by atoms with van der Waals surface area (Å²) in [4.78, 5) is 11.4. The Kier molecular flexibility index (Phi) is 2.93. The summed E-state index contributed by atoms with van der Waals surface area (Å²) in [6, 6.07) is 7.57.